The fourth-order valence-corrected chi connectivity index (χ4v) is 3.43. The summed E-state index contributed by atoms with van der Waals surface area (Å²) < 4.78 is 5.05. The maximum absolute atomic E-state index is 11.7. The molecular formula is C16H26N4O2S. The summed E-state index contributed by atoms with van der Waals surface area (Å²) in [6.07, 6.45) is 7.29. The molecule has 128 valence electrons. The summed E-state index contributed by atoms with van der Waals surface area (Å²) in [7, 11) is 0. The third kappa shape index (κ3) is 5.82. The van der Waals surface area contributed by atoms with Gasteiger partial charge < -0.3 is 20.4 Å². The number of guanidine groups is 1. The molecule has 1 aliphatic carbocycles. The van der Waals surface area contributed by atoms with Gasteiger partial charge in [-0.15, -0.1) is 0 Å². The molecule has 3 N–H and O–H groups in total. The number of thioether (sulfide) groups is 1. The third-order valence-electron chi connectivity index (χ3n) is 3.82. The lowest BCUT2D eigenvalue weighted by Crippen LogP contribution is -2.43. The van der Waals surface area contributed by atoms with Crippen LogP contribution in [-0.2, 0) is 0 Å². The number of aliphatic imine (C=N–C) groups is 1. The largest absolute Gasteiger partial charge is 0.459 e. The van der Waals surface area contributed by atoms with Gasteiger partial charge in [-0.2, -0.15) is 11.8 Å². The van der Waals surface area contributed by atoms with E-state index in [1.165, 1.54) is 25.5 Å². The highest BCUT2D eigenvalue weighted by atomic mass is 32.2. The molecule has 1 heterocycles. The Morgan fingerprint density at radius 1 is 1.43 bits per heavy atom. The fourth-order valence-electron chi connectivity index (χ4n) is 2.63. The first kappa shape index (κ1) is 17.7. The number of amides is 1. The van der Waals surface area contributed by atoms with Gasteiger partial charge >= 0.3 is 0 Å². The van der Waals surface area contributed by atoms with Crippen LogP contribution in [0.25, 0.3) is 0 Å². The van der Waals surface area contributed by atoms with Crippen LogP contribution < -0.4 is 16.0 Å². The zero-order valence-electron chi connectivity index (χ0n) is 13.8. The van der Waals surface area contributed by atoms with Crippen LogP contribution in [0.15, 0.2) is 27.8 Å². The number of nitrogens with zero attached hydrogens (tertiary/aromatic N) is 1. The summed E-state index contributed by atoms with van der Waals surface area (Å²) in [4.78, 5) is 16.3. The predicted molar refractivity (Wildman–Crippen MR) is 95.1 cm³/mol. The monoisotopic (exact) mass is 338 g/mol. The zero-order chi connectivity index (χ0) is 16.5. The number of rotatable bonds is 7. The van der Waals surface area contributed by atoms with Crippen LogP contribution in [-0.4, -0.2) is 49.0 Å². The van der Waals surface area contributed by atoms with Crippen LogP contribution in [0.5, 0.6) is 0 Å². The molecule has 7 heteroatoms. The van der Waals surface area contributed by atoms with Crippen molar-refractivity contribution in [2.24, 2.45) is 4.99 Å². The maximum atomic E-state index is 11.7. The summed E-state index contributed by atoms with van der Waals surface area (Å²) in [5.41, 5.74) is 0. The second-order valence-electron chi connectivity index (χ2n) is 5.51. The van der Waals surface area contributed by atoms with E-state index in [1.54, 1.807) is 12.1 Å². The molecule has 0 radical (unpaired) electrons. The minimum Gasteiger partial charge on any atom is -0.459 e. The number of carbonyl (C=O) groups excluding carboxylic acids is 1. The van der Waals surface area contributed by atoms with Crippen molar-refractivity contribution in [3.63, 3.8) is 0 Å². The summed E-state index contributed by atoms with van der Waals surface area (Å²) >= 11 is 1.94. The van der Waals surface area contributed by atoms with Crippen molar-refractivity contribution in [1.29, 1.82) is 0 Å². The van der Waals surface area contributed by atoms with Gasteiger partial charge in [0.05, 0.1) is 12.8 Å². The molecule has 2 unspecified atom stereocenters. The molecular weight excluding hydrogens is 312 g/mol. The van der Waals surface area contributed by atoms with Crippen molar-refractivity contribution in [1.82, 2.24) is 16.0 Å². The van der Waals surface area contributed by atoms with E-state index < -0.39 is 0 Å². The standard InChI is InChI=1S/C16H26N4O2S/c1-3-17-16(20-12-6-7-13(11-12)23-2)19-9-8-18-15(21)14-5-4-10-22-14/h4-5,10,12-13H,3,6-9,11H2,1-2H3,(H,18,21)(H2,17,19,20). The number of furan rings is 1. The van der Waals surface area contributed by atoms with Gasteiger partial charge in [0.1, 0.15) is 0 Å². The molecule has 1 aromatic heterocycles. The van der Waals surface area contributed by atoms with Gasteiger partial charge in [0.2, 0.25) is 0 Å². The van der Waals surface area contributed by atoms with Crippen molar-refractivity contribution in [2.75, 3.05) is 25.9 Å². The molecule has 1 amide bonds. The van der Waals surface area contributed by atoms with E-state index in [2.05, 4.69) is 34.1 Å². The van der Waals surface area contributed by atoms with E-state index in [1.807, 2.05) is 11.8 Å². The van der Waals surface area contributed by atoms with Crippen molar-refractivity contribution in [3.8, 4) is 0 Å². The fraction of sp³-hybridized carbons (Fsp3) is 0.625. The minimum atomic E-state index is -0.207. The van der Waals surface area contributed by atoms with Crippen molar-refractivity contribution in [3.05, 3.63) is 24.2 Å². The SMILES string of the molecule is CCNC(=NCCNC(=O)c1ccco1)NC1CCC(SC)C1. The minimum absolute atomic E-state index is 0.207. The molecule has 1 aromatic rings. The Morgan fingerprint density at radius 2 is 2.30 bits per heavy atom. The molecule has 1 fully saturated rings. The first-order valence-corrected chi connectivity index (χ1v) is 9.41. The first-order chi connectivity index (χ1) is 11.2. The molecule has 0 saturated heterocycles. The quantitative estimate of drug-likeness (QED) is 0.402. The van der Waals surface area contributed by atoms with Gasteiger partial charge in [0.15, 0.2) is 11.7 Å². The number of nitrogens with one attached hydrogen (secondary N) is 3. The number of hydrogen-bond donors (Lipinski definition) is 3. The van der Waals surface area contributed by atoms with Crippen LogP contribution >= 0.6 is 11.8 Å². The van der Waals surface area contributed by atoms with Crippen LogP contribution in [0.2, 0.25) is 0 Å². The molecule has 0 bridgehead atoms. The summed E-state index contributed by atoms with van der Waals surface area (Å²) in [6, 6.07) is 3.83. The highest BCUT2D eigenvalue weighted by Gasteiger charge is 2.24. The molecule has 0 spiro atoms. The topological polar surface area (TPSA) is 78.7 Å². The van der Waals surface area contributed by atoms with E-state index in [9.17, 15) is 4.79 Å². The Kier molecular flexibility index (Phi) is 7.32. The lowest BCUT2D eigenvalue weighted by molar-refractivity contribution is 0.0927. The maximum Gasteiger partial charge on any atom is 0.287 e. The van der Waals surface area contributed by atoms with E-state index >= 15 is 0 Å². The first-order valence-electron chi connectivity index (χ1n) is 8.12. The Morgan fingerprint density at radius 3 is 2.96 bits per heavy atom. The molecule has 23 heavy (non-hydrogen) atoms. The van der Waals surface area contributed by atoms with E-state index in [-0.39, 0.29) is 5.91 Å². The zero-order valence-corrected chi connectivity index (χ0v) is 14.6. The molecule has 0 aliphatic heterocycles. The number of carbonyl (C=O) groups is 1. The molecule has 1 saturated carbocycles. The summed E-state index contributed by atoms with van der Waals surface area (Å²) in [6.45, 7) is 3.88. The lowest BCUT2D eigenvalue weighted by Gasteiger charge is -2.17. The van der Waals surface area contributed by atoms with Crippen LogP contribution in [0.1, 0.15) is 36.7 Å². The highest BCUT2D eigenvalue weighted by molar-refractivity contribution is 7.99. The van der Waals surface area contributed by atoms with Gasteiger partial charge in [0, 0.05) is 24.4 Å². The van der Waals surface area contributed by atoms with E-state index in [0.29, 0.717) is 24.9 Å². The van der Waals surface area contributed by atoms with Gasteiger partial charge in [-0.1, -0.05) is 0 Å². The van der Waals surface area contributed by atoms with E-state index in [0.717, 1.165) is 17.8 Å². The molecule has 1 aliphatic rings. The second-order valence-corrected chi connectivity index (χ2v) is 6.64. The average molecular weight is 338 g/mol. The number of hydrogen-bond acceptors (Lipinski definition) is 4. The van der Waals surface area contributed by atoms with E-state index in [4.69, 9.17) is 4.42 Å². The van der Waals surface area contributed by atoms with Gasteiger partial charge in [-0.05, 0) is 44.6 Å². The molecule has 2 atom stereocenters. The predicted octanol–water partition coefficient (Wildman–Crippen LogP) is 1.85. The summed E-state index contributed by atoms with van der Waals surface area (Å²) in [5.74, 6) is 0.946. The molecule has 6 nitrogen and oxygen atoms in total. The van der Waals surface area contributed by atoms with Crippen LogP contribution in [0.3, 0.4) is 0 Å². The van der Waals surface area contributed by atoms with Crippen LogP contribution in [0.4, 0.5) is 0 Å². The van der Waals surface area contributed by atoms with Gasteiger partial charge in [-0.3, -0.25) is 9.79 Å². The Balaban J connectivity index is 1.74. The third-order valence-corrected chi connectivity index (χ3v) is 4.91. The second kappa shape index (κ2) is 9.50. The molecule has 2 rings (SSSR count). The smallest absolute Gasteiger partial charge is 0.287 e. The summed E-state index contributed by atoms with van der Waals surface area (Å²) in [5, 5.41) is 10.3. The Labute approximate surface area is 141 Å². The van der Waals surface area contributed by atoms with Crippen molar-refractivity contribution in [2.45, 2.75) is 37.5 Å². The van der Waals surface area contributed by atoms with Gasteiger partial charge in [0.25, 0.3) is 5.91 Å². The van der Waals surface area contributed by atoms with Crippen molar-refractivity contribution < 1.29 is 9.21 Å². The normalized spacial score (nSPS) is 21.2. The van der Waals surface area contributed by atoms with Crippen LogP contribution in [0, 0.1) is 0 Å². The highest BCUT2D eigenvalue weighted by Crippen LogP contribution is 2.27. The van der Waals surface area contributed by atoms with Crippen molar-refractivity contribution >= 4 is 23.6 Å². The Hall–Kier alpha value is -1.63. The Bertz CT molecular complexity index is 504. The lowest BCUT2D eigenvalue weighted by atomic mass is 10.2. The molecule has 0 aromatic carbocycles. The average Bonchev–Trinajstić information content (AvgIpc) is 3.22. The van der Waals surface area contributed by atoms with Gasteiger partial charge in [-0.25, -0.2) is 0 Å².